The summed E-state index contributed by atoms with van der Waals surface area (Å²) in [5.41, 5.74) is 1.54. The number of carbonyl (C=O) groups is 2. The highest BCUT2D eigenvalue weighted by Gasteiger charge is 2.34. The molecule has 1 atom stereocenters. The van der Waals surface area contributed by atoms with E-state index in [4.69, 9.17) is 4.74 Å². The molecule has 146 valence electrons. The zero-order valence-electron chi connectivity index (χ0n) is 15.1. The van der Waals surface area contributed by atoms with Crippen LogP contribution in [0.4, 0.5) is 4.39 Å². The summed E-state index contributed by atoms with van der Waals surface area (Å²) in [6.07, 6.45) is 0. The van der Waals surface area contributed by atoms with E-state index in [0.717, 1.165) is 15.6 Å². The third-order valence-electron chi connectivity index (χ3n) is 3.80. The van der Waals surface area contributed by atoms with Gasteiger partial charge in [-0.2, -0.15) is 0 Å². The van der Waals surface area contributed by atoms with E-state index in [9.17, 15) is 14.0 Å². The Kier molecular flexibility index (Phi) is 6.35. The van der Waals surface area contributed by atoms with Gasteiger partial charge in [0.25, 0.3) is 0 Å². The number of hydrazone groups is 1. The van der Waals surface area contributed by atoms with Crippen molar-refractivity contribution in [2.45, 2.75) is 25.8 Å². The third-order valence-corrected chi connectivity index (χ3v) is 5.37. The quantitative estimate of drug-likeness (QED) is 0.735. The number of carbonyl (C=O) groups excluding carboxylic acids is 2. The number of hydrogen-bond donors (Lipinski definition) is 1. The Morgan fingerprint density at radius 2 is 1.96 bits per heavy atom. The van der Waals surface area contributed by atoms with Crippen LogP contribution in [0.15, 0.2) is 52.0 Å². The molecule has 0 saturated carbocycles. The van der Waals surface area contributed by atoms with Crippen molar-refractivity contribution in [1.82, 2.24) is 10.3 Å². The lowest BCUT2D eigenvalue weighted by molar-refractivity contribution is -0.129. The highest BCUT2D eigenvalue weighted by atomic mass is 79.9. The standard InChI is InChI=1S/C19H17BrFN3O3S/c1-11(25)22-19-23-24(12(2)26)18(28-19)16-9-14(20)5-8-17(16)27-10-13-3-6-15(21)7-4-13/h3-9,18H,10H2,1-2H3,(H,22,23,25). The van der Waals surface area contributed by atoms with Crippen LogP contribution in [-0.2, 0) is 16.2 Å². The molecule has 2 amide bonds. The maximum atomic E-state index is 13.1. The third kappa shape index (κ3) is 4.90. The molecule has 0 saturated heterocycles. The Balaban J connectivity index is 1.86. The van der Waals surface area contributed by atoms with Crippen LogP contribution in [0.1, 0.15) is 30.3 Å². The number of ether oxygens (including phenoxy) is 1. The van der Waals surface area contributed by atoms with Gasteiger partial charge in [-0.25, -0.2) is 9.40 Å². The van der Waals surface area contributed by atoms with Crippen molar-refractivity contribution in [1.29, 1.82) is 0 Å². The predicted molar refractivity (Wildman–Crippen MR) is 109 cm³/mol. The smallest absolute Gasteiger partial charge is 0.241 e. The first-order valence-corrected chi connectivity index (χ1v) is 10.00. The number of amides is 2. The number of hydrogen-bond acceptors (Lipinski definition) is 5. The number of nitrogens with zero attached hydrogens (tertiary/aromatic N) is 2. The number of rotatable bonds is 4. The summed E-state index contributed by atoms with van der Waals surface area (Å²) in [4.78, 5) is 23.4. The lowest BCUT2D eigenvalue weighted by Gasteiger charge is -2.22. The lowest BCUT2D eigenvalue weighted by Crippen LogP contribution is -2.25. The number of thioether (sulfide) groups is 1. The fourth-order valence-electron chi connectivity index (χ4n) is 2.55. The molecule has 1 aliphatic heterocycles. The molecule has 0 aliphatic carbocycles. The van der Waals surface area contributed by atoms with E-state index in [1.54, 1.807) is 18.2 Å². The molecule has 1 unspecified atom stereocenters. The molecule has 0 spiro atoms. The van der Waals surface area contributed by atoms with Crippen LogP contribution in [0, 0.1) is 5.82 Å². The summed E-state index contributed by atoms with van der Waals surface area (Å²) in [6, 6.07) is 11.5. The molecule has 1 N–H and O–H groups in total. The summed E-state index contributed by atoms with van der Waals surface area (Å²) in [7, 11) is 0. The Morgan fingerprint density at radius 1 is 1.25 bits per heavy atom. The van der Waals surface area contributed by atoms with Gasteiger partial charge in [0.2, 0.25) is 11.8 Å². The molecule has 0 bridgehead atoms. The molecule has 0 fully saturated rings. The van der Waals surface area contributed by atoms with Gasteiger partial charge in [-0.1, -0.05) is 39.8 Å². The van der Waals surface area contributed by atoms with Crippen LogP contribution in [0.2, 0.25) is 0 Å². The zero-order valence-corrected chi connectivity index (χ0v) is 17.5. The Hall–Kier alpha value is -2.39. The highest BCUT2D eigenvalue weighted by molar-refractivity contribution is 9.10. The predicted octanol–water partition coefficient (Wildman–Crippen LogP) is 4.17. The first kappa shape index (κ1) is 20.3. The van der Waals surface area contributed by atoms with Gasteiger partial charge in [0, 0.05) is 23.9 Å². The van der Waals surface area contributed by atoms with E-state index in [2.05, 4.69) is 26.3 Å². The van der Waals surface area contributed by atoms with Gasteiger partial charge >= 0.3 is 0 Å². The maximum absolute atomic E-state index is 13.1. The Labute approximate surface area is 174 Å². The second-order valence-electron chi connectivity index (χ2n) is 6.02. The summed E-state index contributed by atoms with van der Waals surface area (Å²) < 4.78 is 19.8. The topological polar surface area (TPSA) is 71.0 Å². The molecule has 1 aliphatic rings. The molecule has 28 heavy (non-hydrogen) atoms. The second kappa shape index (κ2) is 8.74. The van der Waals surface area contributed by atoms with E-state index < -0.39 is 5.37 Å². The average molecular weight is 466 g/mol. The van der Waals surface area contributed by atoms with E-state index in [0.29, 0.717) is 10.9 Å². The minimum absolute atomic E-state index is 0.242. The van der Waals surface area contributed by atoms with Gasteiger partial charge in [0.05, 0.1) is 0 Å². The van der Waals surface area contributed by atoms with E-state index in [-0.39, 0.29) is 24.2 Å². The van der Waals surface area contributed by atoms with Crippen LogP contribution in [0.5, 0.6) is 5.75 Å². The van der Waals surface area contributed by atoms with Crippen molar-refractivity contribution < 1.29 is 18.7 Å². The van der Waals surface area contributed by atoms with E-state index in [1.165, 1.54) is 42.8 Å². The summed E-state index contributed by atoms with van der Waals surface area (Å²) >= 11 is 4.69. The minimum atomic E-state index is -0.486. The fourth-order valence-corrected chi connectivity index (χ4v) is 4.09. The molecular weight excluding hydrogens is 449 g/mol. The molecule has 0 radical (unpaired) electrons. The number of halogens is 2. The van der Waals surface area contributed by atoms with Crippen LogP contribution in [0.3, 0.4) is 0 Å². The molecule has 9 heteroatoms. The van der Waals surface area contributed by atoms with Gasteiger partial charge in [-0.05, 0) is 35.9 Å². The SMILES string of the molecule is CC(=O)NC1=NN(C(C)=O)C(c2cc(Br)ccc2OCc2ccc(F)cc2)S1. The summed E-state index contributed by atoms with van der Waals surface area (Å²) in [6.45, 7) is 3.03. The molecule has 2 aromatic rings. The van der Waals surface area contributed by atoms with Gasteiger partial charge in [0.1, 0.15) is 23.5 Å². The fraction of sp³-hybridized carbons (Fsp3) is 0.211. The molecule has 3 rings (SSSR count). The maximum Gasteiger partial charge on any atom is 0.241 e. The van der Waals surface area contributed by atoms with Crippen molar-refractivity contribution in [3.8, 4) is 5.75 Å². The first-order valence-electron chi connectivity index (χ1n) is 8.33. The molecule has 1 heterocycles. The number of nitrogens with one attached hydrogen (secondary N) is 1. The van der Waals surface area contributed by atoms with E-state index in [1.807, 2.05) is 12.1 Å². The molecular formula is C19H17BrFN3O3S. The van der Waals surface area contributed by atoms with Crippen LogP contribution in [-0.4, -0.2) is 22.0 Å². The van der Waals surface area contributed by atoms with Gasteiger partial charge in [-0.15, -0.1) is 5.10 Å². The Bertz CT molecular complexity index is 937. The van der Waals surface area contributed by atoms with Crippen LogP contribution < -0.4 is 10.1 Å². The van der Waals surface area contributed by atoms with Gasteiger partial charge in [-0.3, -0.25) is 9.59 Å². The number of benzene rings is 2. The Morgan fingerprint density at radius 3 is 2.61 bits per heavy atom. The first-order chi connectivity index (χ1) is 13.3. The van der Waals surface area contributed by atoms with Crippen molar-refractivity contribution in [2.75, 3.05) is 0 Å². The lowest BCUT2D eigenvalue weighted by atomic mass is 10.2. The second-order valence-corrected chi connectivity index (χ2v) is 8.00. The zero-order chi connectivity index (χ0) is 20.3. The molecule has 0 aromatic heterocycles. The largest absolute Gasteiger partial charge is 0.489 e. The van der Waals surface area contributed by atoms with Crippen molar-refractivity contribution >= 4 is 44.7 Å². The van der Waals surface area contributed by atoms with Crippen LogP contribution in [0.25, 0.3) is 0 Å². The summed E-state index contributed by atoms with van der Waals surface area (Å²) in [5.74, 6) is -0.273. The van der Waals surface area contributed by atoms with Gasteiger partial charge < -0.3 is 10.1 Å². The van der Waals surface area contributed by atoms with Crippen molar-refractivity contribution in [3.63, 3.8) is 0 Å². The van der Waals surface area contributed by atoms with Crippen molar-refractivity contribution in [3.05, 3.63) is 63.9 Å². The average Bonchev–Trinajstić information content (AvgIpc) is 3.05. The van der Waals surface area contributed by atoms with E-state index >= 15 is 0 Å². The summed E-state index contributed by atoms with van der Waals surface area (Å²) in [5, 5.41) is 7.99. The number of amidine groups is 1. The molecule has 2 aromatic carbocycles. The highest BCUT2D eigenvalue weighted by Crippen LogP contribution is 2.43. The minimum Gasteiger partial charge on any atom is -0.489 e. The van der Waals surface area contributed by atoms with Crippen molar-refractivity contribution in [2.24, 2.45) is 5.10 Å². The van der Waals surface area contributed by atoms with Crippen LogP contribution >= 0.6 is 27.7 Å². The monoisotopic (exact) mass is 465 g/mol. The van der Waals surface area contributed by atoms with Gasteiger partial charge in [0.15, 0.2) is 5.17 Å². The normalized spacial score (nSPS) is 15.9. The molecule has 6 nitrogen and oxygen atoms in total.